The average Bonchev–Trinajstić information content (AvgIpc) is 2.79. The van der Waals surface area contributed by atoms with E-state index >= 15 is 0 Å². The molecular formula is C26H34O4. The Labute approximate surface area is 181 Å². The molecule has 4 nitrogen and oxygen atoms in total. The molecule has 4 atom stereocenters. The molecule has 0 aliphatic carbocycles. The molecular weight excluding hydrogens is 376 g/mol. The lowest BCUT2D eigenvalue weighted by Gasteiger charge is -2.28. The van der Waals surface area contributed by atoms with Crippen molar-refractivity contribution in [1.29, 1.82) is 0 Å². The third kappa shape index (κ3) is 7.50. The molecule has 30 heavy (non-hydrogen) atoms. The quantitative estimate of drug-likeness (QED) is 0.317. The van der Waals surface area contributed by atoms with E-state index in [1.165, 1.54) is 0 Å². The van der Waals surface area contributed by atoms with Crippen LogP contribution in [0.4, 0.5) is 0 Å². The highest BCUT2D eigenvalue weighted by atomic mass is 16.7. The molecule has 4 heteroatoms. The Bertz CT molecular complexity index is 768. The van der Waals surface area contributed by atoms with Gasteiger partial charge in [-0.25, -0.2) is 0 Å². The molecule has 0 aliphatic heterocycles. The van der Waals surface area contributed by atoms with Crippen LogP contribution in [0.25, 0.3) is 0 Å². The summed E-state index contributed by atoms with van der Waals surface area (Å²) in [5, 5.41) is 0. The summed E-state index contributed by atoms with van der Waals surface area (Å²) in [6, 6.07) is 18.3. The van der Waals surface area contributed by atoms with Gasteiger partial charge in [0, 0.05) is 20.1 Å². The Morgan fingerprint density at radius 1 is 0.967 bits per heavy atom. The van der Waals surface area contributed by atoms with E-state index in [9.17, 15) is 0 Å². The molecule has 0 heterocycles. The van der Waals surface area contributed by atoms with Gasteiger partial charge in [0.2, 0.25) is 0 Å². The maximum Gasteiger partial charge on any atom is 0.146 e. The van der Waals surface area contributed by atoms with Crippen LogP contribution in [-0.2, 0) is 20.8 Å². The molecule has 0 bridgehead atoms. The fourth-order valence-electron chi connectivity index (χ4n) is 3.59. The SMILES string of the molecule is C#C[C@H](C)[C@H](OCOC)[C@@H](C)CC[C@H](OC)c1cccc(OCc2ccccc2)c1. The van der Waals surface area contributed by atoms with Crippen LogP contribution >= 0.6 is 0 Å². The minimum absolute atomic E-state index is 0.0167. The standard InChI is InChI=1S/C26H34O4/c1-6-20(2)26(30-19-27-4)21(3)15-16-25(28-5)23-13-10-14-24(17-23)29-18-22-11-8-7-9-12-22/h1,7-14,17,20-21,25-26H,15-16,18-19H2,2-5H3/t20-,21-,25-,26-/m0/s1. The van der Waals surface area contributed by atoms with E-state index in [4.69, 9.17) is 25.4 Å². The Morgan fingerprint density at radius 3 is 2.40 bits per heavy atom. The molecule has 162 valence electrons. The molecule has 2 aromatic rings. The molecule has 0 N–H and O–H groups in total. The number of ether oxygens (including phenoxy) is 4. The van der Waals surface area contributed by atoms with E-state index in [-0.39, 0.29) is 30.8 Å². The van der Waals surface area contributed by atoms with Crippen molar-refractivity contribution in [1.82, 2.24) is 0 Å². The number of rotatable bonds is 13. The van der Waals surface area contributed by atoms with E-state index in [2.05, 4.69) is 37.1 Å². The Hall–Kier alpha value is -2.32. The number of methoxy groups -OCH3 is 2. The first-order valence-corrected chi connectivity index (χ1v) is 10.4. The summed E-state index contributed by atoms with van der Waals surface area (Å²) >= 11 is 0. The number of hydrogen-bond donors (Lipinski definition) is 0. The van der Waals surface area contributed by atoms with Crippen molar-refractivity contribution < 1.29 is 18.9 Å². The predicted octanol–water partition coefficient (Wildman–Crippen LogP) is 5.63. The second kappa shape index (κ2) is 13.1. The van der Waals surface area contributed by atoms with E-state index in [0.717, 1.165) is 29.7 Å². The van der Waals surface area contributed by atoms with Gasteiger partial charge in [0.1, 0.15) is 19.1 Å². The van der Waals surface area contributed by atoms with Crippen LogP contribution in [0, 0.1) is 24.2 Å². The summed E-state index contributed by atoms with van der Waals surface area (Å²) in [6.07, 6.45) is 7.36. The molecule has 0 aliphatic rings. The third-order valence-electron chi connectivity index (χ3n) is 5.34. The van der Waals surface area contributed by atoms with E-state index in [0.29, 0.717) is 6.61 Å². The molecule has 0 unspecified atom stereocenters. The van der Waals surface area contributed by atoms with E-state index in [1.54, 1.807) is 14.2 Å². The molecule has 0 saturated heterocycles. The first-order valence-electron chi connectivity index (χ1n) is 10.4. The van der Waals surface area contributed by atoms with Crippen LogP contribution in [0.5, 0.6) is 5.75 Å². The summed E-state index contributed by atoms with van der Waals surface area (Å²) in [4.78, 5) is 0. The third-order valence-corrected chi connectivity index (χ3v) is 5.34. The fourth-order valence-corrected chi connectivity index (χ4v) is 3.59. The van der Waals surface area contributed by atoms with Crippen molar-refractivity contribution in [2.45, 2.75) is 45.5 Å². The minimum atomic E-state index is -0.0482. The molecule has 2 aromatic carbocycles. The largest absolute Gasteiger partial charge is 0.489 e. The van der Waals surface area contributed by atoms with Gasteiger partial charge in [-0.15, -0.1) is 12.3 Å². The van der Waals surface area contributed by atoms with Crippen LogP contribution in [0.15, 0.2) is 54.6 Å². The van der Waals surface area contributed by atoms with Crippen LogP contribution in [0.2, 0.25) is 0 Å². The summed E-state index contributed by atoms with van der Waals surface area (Å²) in [5.74, 6) is 3.93. The first kappa shape index (κ1) is 24.0. The molecule has 0 aromatic heterocycles. The maximum atomic E-state index is 5.97. The van der Waals surface area contributed by atoms with Crippen LogP contribution in [-0.4, -0.2) is 27.1 Å². The van der Waals surface area contributed by atoms with Gasteiger partial charge in [-0.1, -0.05) is 49.4 Å². The van der Waals surface area contributed by atoms with Crippen molar-refractivity contribution >= 4 is 0 Å². The second-order valence-electron chi connectivity index (χ2n) is 7.62. The maximum absolute atomic E-state index is 5.97. The monoisotopic (exact) mass is 410 g/mol. The molecule has 0 radical (unpaired) electrons. The highest BCUT2D eigenvalue weighted by Crippen LogP contribution is 2.30. The molecule has 0 spiro atoms. The van der Waals surface area contributed by atoms with Crippen LogP contribution in [0.1, 0.15) is 43.9 Å². The second-order valence-corrected chi connectivity index (χ2v) is 7.62. The van der Waals surface area contributed by atoms with Gasteiger partial charge in [-0.05, 0) is 48.9 Å². The predicted molar refractivity (Wildman–Crippen MR) is 120 cm³/mol. The summed E-state index contributed by atoms with van der Waals surface area (Å²) in [6.45, 7) is 4.97. The lowest BCUT2D eigenvalue weighted by atomic mass is 9.88. The Kier molecular flexibility index (Phi) is 10.4. The van der Waals surface area contributed by atoms with Gasteiger partial charge in [0.15, 0.2) is 0 Å². The zero-order valence-corrected chi connectivity index (χ0v) is 18.5. The van der Waals surface area contributed by atoms with E-state index in [1.807, 2.05) is 37.3 Å². The molecule has 0 fully saturated rings. The summed E-state index contributed by atoms with van der Waals surface area (Å²) in [5.41, 5.74) is 2.25. The van der Waals surface area contributed by atoms with Crippen molar-refractivity contribution in [3.8, 4) is 18.1 Å². The topological polar surface area (TPSA) is 36.9 Å². The minimum Gasteiger partial charge on any atom is -0.489 e. The van der Waals surface area contributed by atoms with Crippen molar-refractivity contribution in [2.75, 3.05) is 21.0 Å². The number of hydrogen-bond acceptors (Lipinski definition) is 4. The zero-order chi connectivity index (χ0) is 21.8. The summed E-state index contributed by atoms with van der Waals surface area (Å²) < 4.78 is 22.7. The van der Waals surface area contributed by atoms with Crippen LogP contribution in [0.3, 0.4) is 0 Å². The molecule has 0 saturated carbocycles. The van der Waals surface area contributed by atoms with Gasteiger partial charge >= 0.3 is 0 Å². The normalized spacial score (nSPS) is 15.0. The summed E-state index contributed by atoms with van der Waals surface area (Å²) in [7, 11) is 3.37. The van der Waals surface area contributed by atoms with Crippen LogP contribution < -0.4 is 4.74 Å². The zero-order valence-electron chi connectivity index (χ0n) is 18.5. The molecule has 2 rings (SSSR count). The van der Waals surface area contributed by atoms with Gasteiger partial charge in [0.05, 0.1) is 12.2 Å². The average molecular weight is 411 g/mol. The highest BCUT2D eigenvalue weighted by molar-refractivity contribution is 5.30. The van der Waals surface area contributed by atoms with Gasteiger partial charge in [-0.2, -0.15) is 0 Å². The smallest absolute Gasteiger partial charge is 0.146 e. The van der Waals surface area contributed by atoms with Crippen molar-refractivity contribution in [2.24, 2.45) is 11.8 Å². The highest BCUT2D eigenvalue weighted by Gasteiger charge is 2.24. The van der Waals surface area contributed by atoms with Crippen molar-refractivity contribution in [3.05, 3.63) is 65.7 Å². The Morgan fingerprint density at radius 2 is 1.73 bits per heavy atom. The number of benzene rings is 2. The Balaban J connectivity index is 1.97. The van der Waals surface area contributed by atoms with E-state index < -0.39 is 0 Å². The van der Waals surface area contributed by atoms with Crippen molar-refractivity contribution in [3.63, 3.8) is 0 Å². The number of terminal acetylenes is 1. The van der Waals surface area contributed by atoms with Gasteiger partial charge in [0.25, 0.3) is 0 Å². The first-order chi connectivity index (χ1) is 14.6. The van der Waals surface area contributed by atoms with Gasteiger partial charge in [-0.3, -0.25) is 0 Å². The lowest BCUT2D eigenvalue weighted by Crippen LogP contribution is -2.29. The van der Waals surface area contributed by atoms with Gasteiger partial charge < -0.3 is 18.9 Å². The lowest BCUT2D eigenvalue weighted by molar-refractivity contribution is -0.102. The fraction of sp³-hybridized carbons (Fsp3) is 0.462. The molecule has 0 amide bonds.